The molecule has 1 N–H and O–H groups in total. The summed E-state index contributed by atoms with van der Waals surface area (Å²) in [5.41, 5.74) is 2.28. The van der Waals surface area contributed by atoms with Crippen LogP contribution in [-0.4, -0.2) is 46.9 Å². The lowest BCUT2D eigenvalue weighted by Gasteiger charge is -2.46. The monoisotopic (exact) mass is 464 g/mol. The van der Waals surface area contributed by atoms with Gasteiger partial charge in [-0.1, -0.05) is 48.0 Å². The SMILES string of the molecule is COc1ccc(CN=C2C=CN(Cc3ccccc3)C(N3C4CCC3CC(=O)C4)N2)cc1Cl. The maximum Gasteiger partial charge on any atom is 0.159 e. The summed E-state index contributed by atoms with van der Waals surface area (Å²) in [6, 6.07) is 16.8. The van der Waals surface area contributed by atoms with Gasteiger partial charge in [-0.05, 0) is 42.2 Å². The molecule has 0 aromatic heterocycles. The lowest BCUT2D eigenvalue weighted by molar-refractivity contribution is -0.126. The second-order valence-corrected chi connectivity index (χ2v) is 9.35. The Labute approximate surface area is 199 Å². The van der Waals surface area contributed by atoms with E-state index in [2.05, 4.69) is 45.6 Å². The Hall–Kier alpha value is -2.83. The summed E-state index contributed by atoms with van der Waals surface area (Å²) < 4.78 is 5.24. The van der Waals surface area contributed by atoms with Gasteiger partial charge in [0, 0.05) is 37.7 Å². The highest BCUT2D eigenvalue weighted by molar-refractivity contribution is 6.32. The molecule has 0 aliphatic carbocycles. The minimum Gasteiger partial charge on any atom is -0.495 e. The fourth-order valence-corrected chi connectivity index (χ4v) is 5.46. The third-order valence-electron chi connectivity index (χ3n) is 6.76. The van der Waals surface area contributed by atoms with Crippen LogP contribution in [0.4, 0.5) is 0 Å². The molecule has 2 bridgehead atoms. The average Bonchev–Trinajstić information content (AvgIpc) is 3.09. The van der Waals surface area contributed by atoms with Crippen molar-refractivity contribution in [2.75, 3.05) is 7.11 Å². The molecule has 5 rings (SSSR count). The first kappa shape index (κ1) is 22.0. The number of amidine groups is 1. The molecule has 3 atom stereocenters. The number of methoxy groups -OCH3 is 1. The number of piperidine rings is 1. The molecular weight excluding hydrogens is 436 g/mol. The third-order valence-corrected chi connectivity index (χ3v) is 7.05. The molecule has 2 fully saturated rings. The van der Waals surface area contributed by atoms with E-state index >= 15 is 0 Å². The van der Waals surface area contributed by atoms with Crippen LogP contribution in [0.2, 0.25) is 5.02 Å². The fraction of sp³-hybridized carbons (Fsp3) is 0.385. The molecule has 3 unspecified atom stereocenters. The van der Waals surface area contributed by atoms with Crippen LogP contribution in [0.25, 0.3) is 0 Å². The molecule has 3 aliphatic rings. The molecule has 2 saturated heterocycles. The number of ketones is 1. The summed E-state index contributed by atoms with van der Waals surface area (Å²) in [6.07, 6.45) is 7.58. The summed E-state index contributed by atoms with van der Waals surface area (Å²) in [6.45, 7) is 1.31. The number of hydrogen-bond acceptors (Lipinski definition) is 5. The molecule has 6 nitrogen and oxygen atoms in total. The van der Waals surface area contributed by atoms with Crippen molar-refractivity contribution < 1.29 is 9.53 Å². The first-order valence-corrected chi connectivity index (χ1v) is 11.9. The van der Waals surface area contributed by atoms with Gasteiger partial charge >= 0.3 is 0 Å². The minimum atomic E-state index is -0.0287. The molecule has 0 radical (unpaired) electrons. The lowest BCUT2D eigenvalue weighted by atomic mass is 10.0. The van der Waals surface area contributed by atoms with Gasteiger partial charge in [0.25, 0.3) is 0 Å². The number of nitrogens with one attached hydrogen (secondary N) is 1. The van der Waals surface area contributed by atoms with Crippen LogP contribution in [0.15, 0.2) is 65.8 Å². The molecule has 7 heteroatoms. The number of aliphatic imine (C=N–C) groups is 1. The number of benzene rings is 2. The molecule has 0 spiro atoms. The number of rotatable bonds is 6. The zero-order chi connectivity index (χ0) is 22.8. The van der Waals surface area contributed by atoms with Crippen molar-refractivity contribution >= 4 is 23.2 Å². The molecule has 0 saturated carbocycles. The number of Topliss-reactive ketones (excluding diaryl/α,β-unsaturated/α-hetero) is 1. The molecular formula is C26H29ClN4O2. The second-order valence-electron chi connectivity index (χ2n) is 8.94. The first-order chi connectivity index (χ1) is 16.1. The number of ether oxygens (including phenoxy) is 1. The van der Waals surface area contributed by atoms with Gasteiger partial charge in [-0.3, -0.25) is 14.7 Å². The molecule has 2 aromatic rings. The highest BCUT2D eigenvalue weighted by Gasteiger charge is 2.45. The van der Waals surface area contributed by atoms with Crippen LogP contribution in [0.5, 0.6) is 5.75 Å². The van der Waals surface area contributed by atoms with E-state index in [1.165, 1.54) is 5.56 Å². The van der Waals surface area contributed by atoms with E-state index in [1.807, 2.05) is 30.3 Å². The number of halogens is 1. The maximum absolute atomic E-state index is 12.2. The zero-order valence-electron chi connectivity index (χ0n) is 18.8. The number of carbonyl (C=O) groups is 1. The van der Waals surface area contributed by atoms with Gasteiger partial charge < -0.3 is 15.0 Å². The average molecular weight is 465 g/mol. The molecule has 33 heavy (non-hydrogen) atoms. The highest BCUT2D eigenvalue weighted by Crippen LogP contribution is 2.36. The van der Waals surface area contributed by atoms with E-state index in [4.69, 9.17) is 21.3 Å². The molecule has 172 valence electrons. The van der Waals surface area contributed by atoms with E-state index in [-0.39, 0.29) is 6.29 Å². The molecule has 3 heterocycles. The Morgan fingerprint density at radius 3 is 2.55 bits per heavy atom. The molecule has 3 aliphatic heterocycles. The summed E-state index contributed by atoms with van der Waals surface area (Å²) in [5, 5.41) is 4.25. The fourth-order valence-electron chi connectivity index (χ4n) is 5.18. The number of nitrogens with zero attached hydrogens (tertiary/aromatic N) is 3. The highest BCUT2D eigenvalue weighted by atomic mass is 35.5. The molecule has 2 aromatic carbocycles. The van der Waals surface area contributed by atoms with Gasteiger partial charge in [0.05, 0.1) is 18.7 Å². The summed E-state index contributed by atoms with van der Waals surface area (Å²) in [7, 11) is 1.61. The number of carbonyl (C=O) groups excluding carboxylic acids is 1. The Morgan fingerprint density at radius 1 is 1.09 bits per heavy atom. The van der Waals surface area contributed by atoms with Crippen molar-refractivity contribution in [3.8, 4) is 5.75 Å². The second kappa shape index (κ2) is 9.57. The smallest absolute Gasteiger partial charge is 0.159 e. The topological polar surface area (TPSA) is 57.2 Å². The van der Waals surface area contributed by atoms with Gasteiger partial charge in [-0.2, -0.15) is 0 Å². The van der Waals surface area contributed by atoms with E-state index in [9.17, 15) is 4.79 Å². The standard InChI is InChI=1S/C26H29ClN4O2/c1-33-24-10-7-19(13-23(24)27)16-28-25-11-12-30(17-18-5-3-2-4-6-18)26(29-25)31-20-8-9-21(31)15-22(32)14-20/h2-7,10-13,20-21,26H,8-9,14-17H2,1H3,(H,28,29). The van der Waals surface area contributed by atoms with Crippen LogP contribution in [0.1, 0.15) is 36.8 Å². The van der Waals surface area contributed by atoms with Crippen molar-refractivity contribution in [1.82, 2.24) is 15.1 Å². The van der Waals surface area contributed by atoms with Gasteiger partial charge in [0.1, 0.15) is 17.4 Å². The van der Waals surface area contributed by atoms with Crippen molar-refractivity contribution in [3.63, 3.8) is 0 Å². The van der Waals surface area contributed by atoms with Crippen molar-refractivity contribution in [2.45, 2.75) is 57.1 Å². The Kier molecular flexibility index (Phi) is 6.38. The minimum absolute atomic E-state index is 0.0287. The largest absolute Gasteiger partial charge is 0.495 e. The number of hydrogen-bond donors (Lipinski definition) is 1. The van der Waals surface area contributed by atoms with E-state index < -0.39 is 0 Å². The van der Waals surface area contributed by atoms with Crippen LogP contribution in [0, 0.1) is 0 Å². The van der Waals surface area contributed by atoms with Crippen LogP contribution in [0.3, 0.4) is 0 Å². The summed E-state index contributed by atoms with van der Waals surface area (Å²) in [4.78, 5) is 21.9. The Morgan fingerprint density at radius 2 is 1.85 bits per heavy atom. The lowest BCUT2D eigenvalue weighted by Crippen LogP contribution is -2.63. The van der Waals surface area contributed by atoms with E-state index in [0.717, 1.165) is 30.8 Å². The van der Waals surface area contributed by atoms with Gasteiger partial charge in [-0.15, -0.1) is 0 Å². The van der Waals surface area contributed by atoms with Crippen LogP contribution in [-0.2, 0) is 17.9 Å². The first-order valence-electron chi connectivity index (χ1n) is 11.5. The van der Waals surface area contributed by atoms with E-state index in [0.29, 0.717) is 48.0 Å². The summed E-state index contributed by atoms with van der Waals surface area (Å²) >= 11 is 6.28. The van der Waals surface area contributed by atoms with Crippen molar-refractivity contribution in [2.24, 2.45) is 4.99 Å². The summed E-state index contributed by atoms with van der Waals surface area (Å²) in [5.74, 6) is 1.90. The van der Waals surface area contributed by atoms with Gasteiger partial charge in [0.2, 0.25) is 0 Å². The predicted molar refractivity (Wildman–Crippen MR) is 130 cm³/mol. The third kappa shape index (κ3) is 4.77. The molecule has 0 amide bonds. The number of fused-ring (bicyclic) bond motifs is 2. The quantitative estimate of drug-likeness (QED) is 0.689. The van der Waals surface area contributed by atoms with Crippen molar-refractivity contribution in [1.29, 1.82) is 0 Å². The van der Waals surface area contributed by atoms with Gasteiger partial charge in [-0.25, -0.2) is 0 Å². The Bertz CT molecular complexity index is 1060. The van der Waals surface area contributed by atoms with E-state index in [1.54, 1.807) is 7.11 Å². The maximum atomic E-state index is 12.2. The van der Waals surface area contributed by atoms with Gasteiger partial charge in [0.15, 0.2) is 6.29 Å². The zero-order valence-corrected chi connectivity index (χ0v) is 19.5. The predicted octanol–water partition coefficient (Wildman–Crippen LogP) is 4.35. The van der Waals surface area contributed by atoms with Crippen molar-refractivity contribution in [3.05, 3.63) is 77.0 Å². The Balaban J connectivity index is 1.38. The van der Waals surface area contributed by atoms with Crippen LogP contribution >= 0.6 is 11.6 Å². The normalized spacial score (nSPS) is 26.0. The van der Waals surface area contributed by atoms with Crippen LogP contribution < -0.4 is 10.1 Å².